The Kier molecular flexibility index (Phi) is 10.7. The number of hydrogen-bond acceptors (Lipinski definition) is 7. The highest BCUT2D eigenvalue weighted by molar-refractivity contribution is 9.10. The van der Waals surface area contributed by atoms with Crippen LogP contribution in [-0.2, 0) is 14.2 Å². The molecule has 2 saturated heterocycles. The summed E-state index contributed by atoms with van der Waals surface area (Å²) < 4.78 is 30.0. The molecule has 0 bridgehead atoms. The molecule has 0 atom stereocenters. The van der Waals surface area contributed by atoms with Gasteiger partial charge in [0.2, 0.25) is 5.58 Å². The molecule has 6 aromatic rings. The van der Waals surface area contributed by atoms with E-state index in [1.807, 2.05) is 64.1 Å². The maximum Gasteiger partial charge on any atom is 0.606 e. The van der Waals surface area contributed by atoms with E-state index in [2.05, 4.69) is 61.2 Å². The second-order valence-electron chi connectivity index (χ2n) is 13.8. The van der Waals surface area contributed by atoms with Crippen LogP contribution in [0.3, 0.4) is 0 Å². The Balaban J connectivity index is 0.000000202. The van der Waals surface area contributed by atoms with E-state index in [-0.39, 0.29) is 12.4 Å². The van der Waals surface area contributed by atoms with Crippen molar-refractivity contribution in [3.05, 3.63) is 76.8 Å². The summed E-state index contributed by atoms with van der Waals surface area (Å²) in [4.78, 5) is 22.6. The Labute approximate surface area is 306 Å². The molecule has 3 aromatic heterocycles. The number of aryl methyl sites for hydroxylation is 2. The van der Waals surface area contributed by atoms with Crippen LogP contribution in [-0.4, -0.2) is 57.2 Å². The standard InChI is InChI=1S/C25H28N3O4.C13H15BrN2O.ClH/c1-16-26-19-15-17(9-10-20(19)27(16)18-11-13-30-14-12-18)23-28(24(29)32-25(2,3)4)21-7-5-6-8-22(21)31-23;1-9-15-12-8-10(14)2-3-13(12)16(9)11-4-6-17-7-5-11;/h5-10,15,18H,11-14H2,1-4H3;2-3,8,11H,4-7H2,1H3;1H/q+1;;. The molecule has 0 amide bonds. The Hall–Kier alpha value is -3.77. The molecule has 0 N–H and O–H groups in total. The number of halogens is 2. The lowest BCUT2D eigenvalue weighted by molar-refractivity contribution is -0.554. The number of carbonyl (C=O) groups excluding carboxylic acids is 1. The van der Waals surface area contributed by atoms with Gasteiger partial charge in [0.15, 0.2) is 0 Å². The zero-order valence-electron chi connectivity index (χ0n) is 29.1. The van der Waals surface area contributed by atoms with Gasteiger partial charge in [-0.05, 0) is 107 Å². The van der Waals surface area contributed by atoms with E-state index in [1.165, 1.54) is 10.1 Å². The van der Waals surface area contributed by atoms with Crippen LogP contribution >= 0.6 is 28.3 Å². The summed E-state index contributed by atoms with van der Waals surface area (Å²) in [6.07, 6.45) is 3.67. The Morgan fingerprint density at radius 3 is 1.94 bits per heavy atom. The first-order valence-electron chi connectivity index (χ1n) is 17.0. The van der Waals surface area contributed by atoms with Gasteiger partial charge in [0.25, 0.3) is 5.52 Å². The number of rotatable bonds is 3. The van der Waals surface area contributed by atoms with Gasteiger partial charge in [-0.25, -0.2) is 9.97 Å². The first kappa shape index (κ1) is 36.0. The van der Waals surface area contributed by atoms with Gasteiger partial charge in [0, 0.05) is 49.1 Å². The van der Waals surface area contributed by atoms with E-state index < -0.39 is 11.7 Å². The molecule has 12 heteroatoms. The van der Waals surface area contributed by atoms with Crippen molar-refractivity contribution >= 4 is 67.6 Å². The number of para-hydroxylation sites is 2. The Morgan fingerprint density at radius 2 is 1.36 bits per heavy atom. The Bertz CT molecular complexity index is 2140. The highest BCUT2D eigenvalue weighted by Gasteiger charge is 2.36. The Morgan fingerprint density at radius 1 is 0.820 bits per heavy atom. The number of benzene rings is 3. The monoisotopic (exact) mass is 764 g/mol. The van der Waals surface area contributed by atoms with Crippen LogP contribution in [0, 0.1) is 13.8 Å². The number of ether oxygens (including phenoxy) is 3. The molecule has 10 nitrogen and oxygen atoms in total. The molecule has 3 aromatic carbocycles. The summed E-state index contributed by atoms with van der Waals surface area (Å²) in [5.74, 6) is 2.51. The number of aromatic nitrogens is 5. The molecule has 8 rings (SSSR count). The topological polar surface area (TPSA) is 97.4 Å². The third kappa shape index (κ3) is 7.32. The van der Waals surface area contributed by atoms with Crippen LogP contribution in [0.15, 0.2) is 69.6 Å². The van der Waals surface area contributed by atoms with Crippen LogP contribution in [0.25, 0.3) is 44.6 Å². The molecular formula is C38H44BrClN5O5+. The van der Waals surface area contributed by atoms with Crippen LogP contribution < -0.4 is 4.57 Å². The fraction of sp³-hybridized carbons (Fsp3) is 0.421. The number of fused-ring (bicyclic) bond motifs is 3. The third-order valence-corrected chi connectivity index (χ3v) is 9.64. The van der Waals surface area contributed by atoms with Crippen LogP contribution in [0.1, 0.15) is 70.2 Å². The van der Waals surface area contributed by atoms with Gasteiger partial charge in [0.1, 0.15) is 17.2 Å². The smallest absolute Gasteiger partial charge is 0.406 e. The summed E-state index contributed by atoms with van der Waals surface area (Å²) in [7, 11) is 0. The van der Waals surface area contributed by atoms with Gasteiger partial charge in [-0.15, -0.1) is 12.4 Å². The highest BCUT2D eigenvalue weighted by Crippen LogP contribution is 2.32. The summed E-state index contributed by atoms with van der Waals surface area (Å²) in [6.45, 7) is 13.0. The number of imidazole rings is 2. The molecule has 50 heavy (non-hydrogen) atoms. The molecule has 0 radical (unpaired) electrons. The summed E-state index contributed by atoms with van der Waals surface area (Å²) in [5.41, 5.74) is 5.71. The molecule has 0 saturated carbocycles. The second kappa shape index (κ2) is 14.8. The maximum absolute atomic E-state index is 13.1. The molecule has 0 unspecified atom stereocenters. The molecule has 2 aliphatic rings. The van der Waals surface area contributed by atoms with Crippen LogP contribution in [0.5, 0.6) is 0 Å². The van der Waals surface area contributed by atoms with E-state index in [0.29, 0.717) is 29.1 Å². The largest absolute Gasteiger partial charge is 0.606 e. The van der Waals surface area contributed by atoms with Gasteiger partial charge < -0.3 is 27.8 Å². The normalized spacial score (nSPS) is 16.0. The number of hydrogen-bond donors (Lipinski definition) is 0. The molecule has 5 heterocycles. The first-order chi connectivity index (χ1) is 23.6. The molecule has 2 aliphatic heterocycles. The van der Waals surface area contributed by atoms with Crippen molar-refractivity contribution in [2.45, 2.75) is 78.0 Å². The minimum atomic E-state index is -0.622. The van der Waals surface area contributed by atoms with Gasteiger partial charge in [-0.1, -0.05) is 28.1 Å². The van der Waals surface area contributed by atoms with Crippen molar-refractivity contribution in [1.82, 2.24) is 19.1 Å². The summed E-state index contributed by atoms with van der Waals surface area (Å²) in [5, 5.41) is 0. The van der Waals surface area contributed by atoms with Crippen LogP contribution in [0.4, 0.5) is 4.79 Å². The molecule has 0 spiro atoms. The fourth-order valence-corrected chi connectivity index (χ4v) is 7.37. The summed E-state index contributed by atoms with van der Waals surface area (Å²) >= 11 is 3.49. The molecular weight excluding hydrogens is 722 g/mol. The average molecular weight is 766 g/mol. The van der Waals surface area contributed by atoms with Gasteiger partial charge in [-0.2, -0.15) is 4.79 Å². The first-order valence-corrected chi connectivity index (χ1v) is 17.8. The van der Waals surface area contributed by atoms with Gasteiger partial charge in [-0.3, -0.25) is 0 Å². The van der Waals surface area contributed by atoms with Crippen molar-refractivity contribution in [2.24, 2.45) is 0 Å². The predicted molar refractivity (Wildman–Crippen MR) is 199 cm³/mol. The molecule has 264 valence electrons. The van der Waals surface area contributed by atoms with Crippen molar-refractivity contribution < 1.29 is 28.0 Å². The maximum atomic E-state index is 13.1. The minimum Gasteiger partial charge on any atom is -0.406 e. The zero-order chi connectivity index (χ0) is 34.3. The lowest BCUT2D eigenvalue weighted by Crippen LogP contribution is -2.47. The van der Waals surface area contributed by atoms with Crippen molar-refractivity contribution in [1.29, 1.82) is 0 Å². The third-order valence-electron chi connectivity index (χ3n) is 9.14. The highest BCUT2D eigenvalue weighted by atomic mass is 79.9. The molecule has 0 aliphatic carbocycles. The average Bonchev–Trinajstić information content (AvgIpc) is 3.74. The van der Waals surface area contributed by atoms with Crippen LogP contribution in [0.2, 0.25) is 0 Å². The lowest BCUT2D eigenvalue weighted by atomic mass is 10.1. The van der Waals surface area contributed by atoms with E-state index in [0.717, 1.165) is 90.3 Å². The summed E-state index contributed by atoms with van der Waals surface area (Å²) in [6, 6.07) is 20.7. The van der Waals surface area contributed by atoms with Crippen molar-refractivity contribution in [3.63, 3.8) is 0 Å². The van der Waals surface area contributed by atoms with E-state index in [4.69, 9.17) is 23.6 Å². The van der Waals surface area contributed by atoms with E-state index in [9.17, 15) is 4.79 Å². The fourth-order valence-electron chi connectivity index (χ4n) is 7.02. The van der Waals surface area contributed by atoms with Crippen molar-refractivity contribution in [2.75, 3.05) is 26.4 Å². The van der Waals surface area contributed by atoms with E-state index in [1.54, 1.807) is 0 Å². The number of carbonyl (C=O) groups is 1. The number of nitrogens with zero attached hydrogens (tertiary/aromatic N) is 5. The van der Waals surface area contributed by atoms with Gasteiger partial charge in [0.05, 0.1) is 27.6 Å². The van der Waals surface area contributed by atoms with Crippen molar-refractivity contribution in [3.8, 4) is 11.5 Å². The quantitative estimate of drug-likeness (QED) is 0.166. The lowest BCUT2D eigenvalue weighted by Gasteiger charge is -2.25. The predicted octanol–water partition coefficient (Wildman–Crippen LogP) is 9.06. The SMILES string of the molecule is Cc1nc2cc(-c3oc4ccccc4[n+]3C(=O)OC(C)(C)C)ccc2n1C1CCOCC1.Cc1nc2cc(Br)ccc2n1C1CCOCC1.Cl. The number of oxazole rings is 1. The van der Waals surface area contributed by atoms with E-state index >= 15 is 0 Å². The minimum absolute atomic E-state index is 0. The molecule has 2 fully saturated rings. The zero-order valence-corrected chi connectivity index (χ0v) is 31.6. The van der Waals surface area contributed by atoms with Gasteiger partial charge >= 0.3 is 12.0 Å². The second-order valence-corrected chi connectivity index (χ2v) is 14.7.